The molecule has 39 heavy (non-hydrogen) atoms. The van der Waals surface area contributed by atoms with Gasteiger partial charge in [-0.1, -0.05) is 0 Å². The van der Waals surface area contributed by atoms with Crippen molar-refractivity contribution in [2.24, 2.45) is 0 Å². The van der Waals surface area contributed by atoms with Crippen molar-refractivity contribution in [3.8, 4) is 0 Å². The monoisotopic (exact) mass is 562 g/mol. The molecule has 0 aromatic carbocycles. The van der Waals surface area contributed by atoms with Crippen LogP contribution in [0.2, 0.25) is 0 Å². The van der Waals surface area contributed by atoms with Gasteiger partial charge in [-0.2, -0.15) is 0 Å². The van der Waals surface area contributed by atoms with Crippen LogP contribution in [-0.4, -0.2) is 165 Å². The molecular weight excluding hydrogens is 520 g/mol. The van der Waals surface area contributed by atoms with Gasteiger partial charge in [-0.15, -0.1) is 0 Å². The van der Waals surface area contributed by atoms with Crippen LogP contribution in [-0.2, 0) is 52.3 Å². The molecule has 15 heteroatoms. The van der Waals surface area contributed by atoms with Crippen molar-refractivity contribution in [1.29, 1.82) is 0 Å². The highest BCUT2D eigenvalue weighted by atomic mass is 16.5. The van der Waals surface area contributed by atoms with Crippen molar-refractivity contribution in [1.82, 2.24) is 20.4 Å². The molecule has 0 aromatic heterocycles. The second-order valence-electron chi connectivity index (χ2n) is 8.50. The highest BCUT2D eigenvalue weighted by Gasteiger charge is 2.19. The van der Waals surface area contributed by atoms with Crippen LogP contribution in [0.4, 0.5) is 0 Å². The van der Waals surface area contributed by atoms with Crippen molar-refractivity contribution >= 4 is 23.6 Å². The van der Waals surface area contributed by atoms with E-state index in [1.54, 1.807) is 0 Å². The van der Waals surface area contributed by atoms with Crippen LogP contribution in [0, 0.1) is 0 Å². The highest BCUT2D eigenvalue weighted by molar-refractivity contribution is 5.86. The molecule has 0 atom stereocenters. The van der Waals surface area contributed by atoms with Crippen LogP contribution in [0.1, 0.15) is 0 Å². The molecule has 0 aromatic rings. The van der Waals surface area contributed by atoms with Gasteiger partial charge in [-0.3, -0.25) is 19.2 Å². The molecule has 0 spiro atoms. The summed E-state index contributed by atoms with van der Waals surface area (Å²) >= 11 is 0. The van der Waals surface area contributed by atoms with Gasteiger partial charge in [0.15, 0.2) is 0 Å². The van der Waals surface area contributed by atoms with Crippen LogP contribution in [0.25, 0.3) is 0 Å². The summed E-state index contributed by atoms with van der Waals surface area (Å²) in [5.41, 5.74) is 0. The Balaban J connectivity index is 2.03. The van der Waals surface area contributed by atoms with Crippen molar-refractivity contribution < 1.29 is 52.3 Å². The minimum Gasteiger partial charge on any atom is -0.377 e. The molecule has 2 saturated heterocycles. The first-order valence-electron chi connectivity index (χ1n) is 13.2. The molecule has 0 saturated carbocycles. The summed E-state index contributed by atoms with van der Waals surface area (Å²) in [4.78, 5) is 52.8. The molecule has 2 fully saturated rings. The summed E-state index contributed by atoms with van der Waals surface area (Å²) < 4.78 is 38.2. The maximum absolute atomic E-state index is 12.7. The molecule has 2 bridgehead atoms. The van der Waals surface area contributed by atoms with Gasteiger partial charge in [-0.25, -0.2) is 0 Å². The number of carbonyl (C=O) groups excluding carboxylic acids is 4. The predicted octanol–water partition coefficient (Wildman–Crippen LogP) is -2.98. The van der Waals surface area contributed by atoms with Crippen molar-refractivity contribution in [2.45, 2.75) is 0 Å². The van der Waals surface area contributed by atoms with Crippen molar-refractivity contribution in [3.05, 3.63) is 0 Å². The largest absolute Gasteiger partial charge is 0.377 e. The summed E-state index contributed by atoms with van der Waals surface area (Å²) in [5, 5.41) is 5.45. The predicted molar refractivity (Wildman–Crippen MR) is 135 cm³/mol. The van der Waals surface area contributed by atoms with E-state index < -0.39 is 0 Å². The fraction of sp³-hybridized carbons (Fsp3) is 0.833. The number of nitrogens with one attached hydrogen (secondary N) is 2. The van der Waals surface area contributed by atoms with Gasteiger partial charge >= 0.3 is 0 Å². The zero-order chi connectivity index (χ0) is 28.0. The van der Waals surface area contributed by atoms with Crippen LogP contribution in [0.3, 0.4) is 0 Å². The van der Waals surface area contributed by atoms with Crippen LogP contribution >= 0.6 is 0 Å². The quantitative estimate of drug-likeness (QED) is 0.290. The standard InChI is InChI=1S/C24H42N4O11/c29-21-17-27-3-7-35-11-12-36-8-4-28(18-22(30)26-2-6-34-10-9-33-5-1-25-21)24(32)20-39-16-14-37-13-15-38-19-23(27)31/h1-20H2,(H,25,29)(H,26,30). The van der Waals surface area contributed by atoms with E-state index in [4.69, 9.17) is 33.2 Å². The van der Waals surface area contributed by atoms with Crippen LogP contribution < -0.4 is 10.6 Å². The topological polar surface area (TPSA) is 163 Å². The molecule has 2 aliphatic rings. The first-order chi connectivity index (χ1) is 19.1. The minimum absolute atomic E-state index is 0.144. The third-order valence-corrected chi connectivity index (χ3v) is 5.46. The number of fused-ring (bicyclic) bond motifs is 9. The Bertz CT molecular complexity index is 670. The first-order valence-corrected chi connectivity index (χ1v) is 13.2. The number of carbonyl (C=O) groups is 4. The zero-order valence-electron chi connectivity index (χ0n) is 22.5. The zero-order valence-corrected chi connectivity index (χ0v) is 22.5. The van der Waals surface area contributed by atoms with E-state index in [1.807, 2.05) is 0 Å². The average molecular weight is 563 g/mol. The lowest BCUT2D eigenvalue weighted by molar-refractivity contribution is -0.141. The number of ether oxygens (including phenoxy) is 7. The van der Waals surface area contributed by atoms with Gasteiger partial charge in [-0.05, 0) is 0 Å². The van der Waals surface area contributed by atoms with E-state index in [1.165, 1.54) is 9.80 Å². The molecule has 4 amide bonds. The Morgan fingerprint density at radius 2 is 0.769 bits per heavy atom. The molecule has 0 aliphatic carbocycles. The maximum Gasteiger partial charge on any atom is 0.249 e. The van der Waals surface area contributed by atoms with Gasteiger partial charge in [0.2, 0.25) is 23.6 Å². The van der Waals surface area contributed by atoms with Gasteiger partial charge < -0.3 is 53.6 Å². The van der Waals surface area contributed by atoms with Crippen LogP contribution in [0.5, 0.6) is 0 Å². The molecular formula is C24H42N4O11. The fourth-order valence-electron chi connectivity index (χ4n) is 3.40. The maximum atomic E-state index is 12.7. The number of hydrogen-bond acceptors (Lipinski definition) is 11. The minimum atomic E-state index is -0.350. The molecule has 224 valence electrons. The third kappa shape index (κ3) is 16.3. The molecule has 0 unspecified atom stereocenters. The normalized spacial score (nSPS) is 23.2. The average Bonchev–Trinajstić information content (AvgIpc) is 2.91. The number of hydrogen-bond donors (Lipinski definition) is 2. The molecule has 2 rings (SSSR count). The number of nitrogens with zero attached hydrogens (tertiary/aromatic N) is 2. The Morgan fingerprint density at radius 3 is 1.18 bits per heavy atom. The Kier molecular flexibility index (Phi) is 18.0. The van der Waals surface area contributed by atoms with Crippen molar-refractivity contribution in [2.75, 3.05) is 132 Å². The lowest BCUT2D eigenvalue weighted by Gasteiger charge is -2.23. The van der Waals surface area contributed by atoms with Crippen LogP contribution in [0.15, 0.2) is 0 Å². The van der Waals surface area contributed by atoms with E-state index in [-0.39, 0.29) is 142 Å². The Morgan fingerprint density at radius 1 is 0.436 bits per heavy atom. The van der Waals surface area contributed by atoms with E-state index in [2.05, 4.69) is 10.6 Å². The van der Waals surface area contributed by atoms with E-state index in [0.717, 1.165) is 0 Å². The first kappa shape index (κ1) is 32.8. The summed E-state index contributed by atoms with van der Waals surface area (Å²) in [7, 11) is 0. The van der Waals surface area contributed by atoms with Gasteiger partial charge in [0.25, 0.3) is 0 Å². The lowest BCUT2D eigenvalue weighted by Crippen LogP contribution is -2.44. The summed E-state index contributed by atoms with van der Waals surface area (Å²) in [6.45, 7) is 3.06. The molecule has 2 aliphatic heterocycles. The number of rotatable bonds is 0. The summed E-state index contributed by atoms with van der Waals surface area (Å²) in [6.07, 6.45) is 0. The van der Waals surface area contributed by atoms with Gasteiger partial charge in [0.05, 0.1) is 92.4 Å². The SMILES string of the molecule is O=C1CN2CCOCCOCCN(CC(=O)NCCOCCOCCN1)C(=O)COCCOCCOCC2=O. The Hall–Kier alpha value is -2.40. The van der Waals surface area contributed by atoms with Gasteiger partial charge in [0, 0.05) is 26.2 Å². The fourth-order valence-corrected chi connectivity index (χ4v) is 3.40. The highest BCUT2D eigenvalue weighted by Crippen LogP contribution is 1.96. The summed E-state index contributed by atoms with van der Waals surface area (Å²) in [5.74, 6) is -1.36. The van der Waals surface area contributed by atoms with E-state index >= 15 is 0 Å². The van der Waals surface area contributed by atoms with E-state index in [0.29, 0.717) is 13.2 Å². The molecule has 2 heterocycles. The number of amides is 4. The molecule has 15 nitrogen and oxygen atoms in total. The second kappa shape index (κ2) is 21.4. The summed E-state index contributed by atoms with van der Waals surface area (Å²) in [6, 6.07) is 0. The Labute approximate surface area is 228 Å². The third-order valence-electron chi connectivity index (χ3n) is 5.46. The smallest absolute Gasteiger partial charge is 0.249 e. The second-order valence-corrected chi connectivity index (χ2v) is 8.50. The molecule has 2 N–H and O–H groups in total. The van der Waals surface area contributed by atoms with Gasteiger partial charge in [0.1, 0.15) is 13.2 Å². The lowest BCUT2D eigenvalue weighted by atomic mass is 10.4. The van der Waals surface area contributed by atoms with Crippen molar-refractivity contribution in [3.63, 3.8) is 0 Å². The molecule has 0 radical (unpaired) electrons. The van der Waals surface area contributed by atoms with E-state index in [9.17, 15) is 19.2 Å².